The molecule has 0 atom stereocenters. The lowest BCUT2D eigenvalue weighted by Gasteiger charge is -2.07. The summed E-state index contributed by atoms with van der Waals surface area (Å²) in [7, 11) is -1.54. The highest BCUT2D eigenvalue weighted by molar-refractivity contribution is 6.58. The predicted molar refractivity (Wildman–Crippen MR) is 49.1 cm³/mol. The molecule has 0 amide bonds. The van der Waals surface area contributed by atoms with E-state index in [2.05, 4.69) is 0 Å². The number of ether oxygens (including phenoxy) is 1. The van der Waals surface area contributed by atoms with Gasteiger partial charge in [-0.05, 0) is 24.5 Å². The Morgan fingerprint density at radius 1 is 1.38 bits per heavy atom. The third kappa shape index (κ3) is 2.37. The smallest absolute Gasteiger partial charge is 0.488 e. The molecule has 0 radical (unpaired) electrons. The zero-order valence-electron chi connectivity index (χ0n) is 7.27. The Bertz CT molecular complexity index is 287. The van der Waals surface area contributed by atoms with Gasteiger partial charge in [-0.1, -0.05) is 6.07 Å². The Labute approximate surface area is 76.6 Å². The Morgan fingerprint density at radius 3 is 2.62 bits per heavy atom. The van der Waals surface area contributed by atoms with Gasteiger partial charge in [-0.3, -0.25) is 0 Å². The van der Waals surface area contributed by atoms with Gasteiger partial charge in [0.2, 0.25) is 0 Å². The molecule has 0 spiro atoms. The summed E-state index contributed by atoms with van der Waals surface area (Å²) in [6, 6.07) is 4.17. The molecule has 0 unspecified atom stereocenters. The van der Waals surface area contributed by atoms with Gasteiger partial charge < -0.3 is 19.9 Å². The fourth-order valence-electron chi connectivity index (χ4n) is 0.962. The first-order valence-electron chi connectivity index (χ1n) is 3.97. The molecule has 0 aliphatic heterocycles. The second kappa shape index (κ2) is 4.16. The van der Waals surface area contributed by atoms with E-state index in [-0.39, 0.29) is 11.5 Å². The number of hydrogen-bond acceptors (Lipinski definition) is 4. The summed E-state index contributed by atoms with van der Waals surface area (Å²) in [6.45, 7) is 2.19. The van der Waals surface area contributed by atoms with E-state index < -0.39 is 7.12 Å². The van der Waals surface area contributed by atoms with Crippen LogP contribution in [-0.4, -0.2) is 28.9 Å². The fraction of sp³-hybridized carbons (Fsp3) is 0.250. The number of benzene rings is 1. The van der Waals surface area contributed by atoms with Crippen molar-refractivity contribution in [2.24, 2.45) is 0 Å². The summed E-state index contributed by atoms with van der Waals surface area (Å²) in [5.74, 6) is 0.249. The highest BCUT2D eigenvalue weighted by Gasteiger charge is 2.13. The quantitative estimate of drug-likeness (QED) is 0.549. The van der Waals surface area contributed by atoms with Gasteiger partial charge in [0.1, 0.15) is 0 Å². The highest BCUT2D eigenvalue weighted by atomic mass is 16.5. The van der Waals surface area contributed by atoms with Gasteiger partial charge in [-0.2, -0.15) is 0 Å². The number of phenolic OH excluding ortho intramolecular Hbond substituents is 1. The zero-order chi connectivity index (χ0) is 9.84. The van der Waals surface area contributed by atoms with Crippen LogP contribution in [0, 0.1) is 0 Å². The lowest BCUT2D eigenvalue weighted by molar-refractivity contribution is 0.318. The van der Waals surface area contributed by atoms with Crippen molar-refractivity contribution >= 4 is 12.6 Å². The van der Waals surface area contributed by atoms with Crippen molar-refractivity contribution in [1.29, 1.82) is 0 Å². The van der Waals surface area contributed by atoms with Gasteiger partial charge >= 0.3 is 7.12 Å². The molecular weight excluding hydrogens is 171 g/mol. The summed E-state index contributed by atoms with van der Waals surface area (Å²) in [4.78, 5) is 0. The zero-order valence-corrected chi connectivity index (χ0v) is 7.27. The minimum atomic E-state index is -1.54. The van der Waals surface area contributed by atoms with Crippen molar-refractivity contribution in [1.82, 2.24) is 0 Å². The summed E-state index contributed by atoms with van der Waals surface area (Å²) in [5, 5.41) is 26.9. The Hall–Kier alpha value is -1.20. The topological polar surface area (TPSA) is 69.9 Å². The van der Waals surface area contributed by atoms with E-state index in [1.165, 1.54) is 18.2 Å². The van der Waals surface area contributed by atoms with Crippen molar-refractivity contribution in [3.05, 3.63) is 18.2 Å². The van der Waals surface area contributed by atoms with E-state index in [1.807, 2.05) is 0 Å². The molecule has 4 nitrogen and oxygen atoms in total. The van der Waals surface area contributed by atoms with Crippen molar-refractivity contribution in [3.63, 3.8) is 0 Å². The maximum absolute atomic E-state index is 9.26. The summed E-state index contributed by atoms with van der Waals surface area (Å²) >= 11 is 0. The van der Waals surface area contributed by atoms with Crippen LogP contribution in [0.2, 0.25) is 0 Å². The van der Waals surface area contributed by atoms with Crippen molar-refractivity contribution in [2.45, 2.75) is 6.92 Å². The number of aromatic hydroxyl groups is 1. The molecule has 70 valence electrons. The first-order chi connectivity index (χ1) is 6.15. The maximum Gasteiger partial charge on any atom is 0.488 e. The monoisotopic (exact) mass is 182 g/mol. The molecule has 0 bridgehead atoms. The van der Waals surface area contributed by atoms with Gasteiger partial charge in [-0.15, -0.1) is 0 Å². The van der Waals surface area contributed by atoms with E-state index in [0.717, 1.165) is 0 Å². The Kier molecular flexibility index (Phi) is 3.16. The van der Waals surface area contributed by atoms with Crippen LogP contribution in [0.25, 0.3) is 0 Å². The third-order valence-corrected chi connectivity index (χ3v) is 1.58. The SMILES string of the molecule is CCOc1cc(B(O)O)ccc1O. The number of rotatable bonds is 3. The standard InChI is InChI=1S/C8H11BO4/c1-2-13-8-5-6(9(11)12)3-4-7(8)10/h3-5,10-12H,2H2,1H3. The Morgan fingerprint density at radius 2 is 2.08 bits per heavy atom. The molecule has 0 fully saturated rings. The molecule has 0 saturated heterocycles. The van der Waals surface area contributed by atoms with Crippen LogP contribution in [0.1, 0.15) is 6.92 Å². The average Bonchev–Trinajstić information content (AvgIpc) is 2.08. The van der Waals surface area contributed by atoms with Crippen molar-refractivity contribution in [2.75, 3.05) is 6.61 Å². The average molecular weight is 182 g/mol. The number of hydrogen-bond donors (Lipinski definition) is 3. The molecule has 0 heterocycles. The maximum atomic E-state index is 9.26. The van der Waals surface area contributed by atoms with Gasteiger partial charge in [0, 0.05) is 0 Å². The molecule has 3 N–H and O–H groups in total. The Balaban J connectivity index is 2.97. The molecule has 0 saturated carbocycles. The summed E-state index contributed by atoms with van der Waals surface area (Å²) < 4.78 is 5.06. The van der Waals surface area contributed by atoms with Crippen LogP contribution in [0.15, 0.2) is 18.2 Å². The van der Waals surface area contributed by atoms with E-state index in [4.69, 9.17) is 14.8 Å². The minimum absolute atomic E-state index is 0.00810. The van der Waals surface area contributed by atoms with Crippen LogP contribution < -0.4 is 10.2 Å². The molecule has 5 heteroatoms. The van der Waals surface area contributed by atoms with Crippen LogP contribution in [0.4, 0.5) is 0 Å². The van der Waals surface area contributed by atoms with Crippen LogP contribution in [0.5, 0.6) is 11.5 Å². The first kappa shape index (κ1) is 9.89. The van der Waals surface area contributed by atoms with Gasteiger partial charge in [-0.25, -0.2) is 0 Å². The minimum Gasteiger partial charge on any atom is -0.504 e. The third-order valence-electron chi connectivity index (χ3n) is 1.58. The largest absolute Gasteiger partial charge is 0.504 e. The molecular formula is C8H11BO4. The van der Waals surface area contributed by atoms with Gasteiger partial charge in [0.25, 0.3) is 0 Å². The van der Waals surface area contributed by atoms with Crippen molar-refractivity contribution < 1.29 is 19.9 Å². The van der Waals surface area contributed by atoms with E-state index in [0.29, 0.717) is 12.1 Å². The first-order valence-corrected chi connectivity index (χ1v) is 3.97. The van der Waals surface area contributed by atoms with Crippen LogP contribution in [-0.2, 0) is 0 Å². The molecule has 1 aromatic carbocycles. The van der Waals surface area contributed by atoms with Crippen molar-refractivity contribution in [3.8, 4) is 11.5 Å². The molecule has 0 aromatic heterocycles. The normalized spacial score (nSPS) is 9.77. The fourth-order valence-corrected chi connectivity index (χ4v) is 0.962. The number of phenols is 1. The van der Waals surface area contributed by atoms with Crippen LogP contribution >= 0.6 is 0 Å². The molecule has 1 aromatic rings. The molecule has 1 rings (SSSR count). The molecule has 0 aliphatic rings. The lowest BCUT2D eigenvalue weighted by Crippen LogP contribution is -2.29. The summed E-state index contributed by atoms with van der Waals surface area (Å²) in [6.07, 6.45) is 0. The second-order valence-corrected chi connectivity index (χ2v) is 2.53. The molecule has 0 aliphatic carbocycles. The van der Waals surface area contributed by atoms with Crippen LogP contribution in [0.3, 0.4) is 0 Å². The van der Waals surface area contributed by atoms with Gasteiger partial charge in [0.05, 0.1) is 6.61 Å². The summed E-state index contributed by atoms with van der Waals surface area (Å²) in [5.41, 5.74) is 0.293. The van der Waals surface area contributed by atoms with E-state index in [9.17, 15) is 5.11 Å². The highest BCUT2D eigenvalue weighted by Crippen LogP contribution is 2.23. The second-order valence-electron chi connectivity index (χ2n) is 2.53. The predicted octanol–water partition coefficient (Wildman–Crippen LogP) is -0.529. The van der Waals surface area contributed by atoms with E-state index in [1.54, 1.807) is 6.92 Å². The molecule has 13 heavy (non-hydrogen) atoms. The lowest BCUT2D eigenvalue weighted by atomic mass is 9.80. The van der Waals surface area contributed by atoms with Gasteiger partial charge in [0.15, 0.2) is 11.5 Å². The van der Waals surface area contributed by atoms with E-state index >= 15 is 0 Å².